The molecule has 0 radical (unpaired) electrons. The fourth-order valence-electron chi connectivity index (χ4n) is 3.21. The lowest BCUT2D eigenvalue weighted by molar-refractivity contribution is -0.137. The Morgan fingerprint density at radius 2 is 2.16 bits per heavy atom. The number of hydrogen-bond donors (Lipinski definition) is 2. The van der Waals surface area contributed by atoms with Crippen molar-refractivity contribution in [1.29, 1.82) is 0 Å². The van der Waals surface area contributed by atoms with E-state index in [1.54, 1.807) is 23.1 Å². The highest BCUT2D eigenvalue weighted by molar-refractivity contribution is 5.97. The second-order valence-corrected chi connectivity index (χ2v) is 6.67. The van der Waals surface area contributed by atoms with E-state index in [4.69, 9.17) is 5.11 Å². The largest absolute Gasteiger partial charge is 0.481 e. The number of aliphatic carboxylic acids is 1. The highest BCUT2D eigenvalue weighted by atomic mass is 16.4. The predicted octanol–water partition coefficient (Wildman–Crippen LogP) is 2.68. The number of nitrogens with one attached hydrogen (secondary N) is 1. The first-order chi connectivity index (χ1) is 11.9. The van der Waals surface area contributed by atoms with E-state index < -0.39 is 5.97 Å². The van der Waals surface area contributed by atoms with Crippen molar-refractivity contribution in [1.82, 2.24) is 4.90 Å². The van der Waals surface area contributed by atoms with Crippen LogP contribution in [0.25, 0.3) is 0 Å². The van der Waals surface area contributed by atoms with Crippen molar-refractivity contribution in [2.45, 2.75) is 52.0 Å². The normalized spacial score (nSPS) is 18.2. The van der Waals surface area contributed by atoms with E-state index in [1.165, 1.54) is 0 Å². The monoisotopic (exact) mass is 346 g/mol. The Hall–Kier alpha value is -2.37. The zero-order valence-electron chi connectivity index (χ0n) is 14.8. The summed E-state index contributed by atoms with van der Waals surface area (Å²) < 4.78 is 0. The summed E-state index contributed by atoms with van der Waals surface area (Å²) in [5.74, 6) is -1.30. The number of carboxylic acid groups (broad SMARTS) is 1. The maximum Gasteiger partial charge on any atom is 0.303 e. The maximum absolute atomic E-state index is 12.5. The SMILES string of the molecule is CCCC(C)N1CC(C(=O)Nc2cccc(CCC(=O)O)c2)CC1=O. The standard InChI is InChI=1S/C19H26N2O4/c1-3-5-13(2)21-12-15(11-17(21)22)19(25)20-16-7-4-6-14(10-16)8-9-18(23)24/h4,6-7,10,13,15H,3,5,8-9,11-12H2,1-2H3,(H,20,25)(H,23,24). The van der Waals surface area contributed by atoms with E-state index in [1.807, 2.05) is 13.0 Å². The van der Waals surface area contributed by atoms with Gasteiger partial charge in [0.2, 0.25) is 11.8 Å². The minimum absolute atomic E-state index is 0.0382. The molecule has 25 heavy (non-hydrogen) atoms. The lowest BCUT2D eigenvalue weighted by Gasteiger charge is -2.24. The molecule has 0 saturated carbocycles. The Kier molecular flexibility index (Phi) is 6.56. The van der Waals surface area contributed by atoms with Crippen LogP contribution < -0.4 is 5.32 Å². The van der Waals surface area contributed by atoms with Crippen molar-refractivity contribution < 1.29 is 19.5 Å². The van der Waals surface area contributed by atoms with E-state index in [2.05, 4.69) is 12.2 Å². The Balaban J connectivity index is 1.95. The van der Waals surface area contributed by atoms with Gasteiger partial charge in [-0.2, -0.15) is 0 Å². The molecule has 6 nitrogen and oxygen atoms in total. The summed E-state index contributed by atoms with van der Waals surface area (Å²) in [6.07, 6.45) is 2.66. The van der Waals surface area contributed by atoms with Crippen molar-refractivity contribution in [3.63, 3.8) is 0 Å². The first kappa shape index (κ1) is 19.0. The fraction of sp³-hybridized carbons (Fsp3) is 0.526. The lowest BCUT2D eigenvalue weighted by Crippen LogP contribution is -2.35. The first-order valence-electron chi connectivity index (χ1n) is 8.81. The number of likely N-dealkylation sites (tertiary alicyclic amines) is 1. The molecular formula is C19H26N2O4. The van der Waals surface area contributed by atoms with Gasteiger partial charge in [0.1, 0.15) is 0 Å². The number of nitrogens with zero attached hydrogens (tertiary/aromatic N) is 1. The molecule has 2 unspecified atom stereocenters. The van der Waals surface area contributed by atoms with Crippen LogP contribution in [-0.4, -0.2) is 40.4 Å². The molecule has 0 spiro atoms. The van der Waals surface area contributed by atoms with Crippen LogP contribution in [-0.2, 0) is 20.8 Å². The average Bonchev–Trinajstić information content (AvgIpc) is 2.95. The third-order valence-electron chi connectivity index (χ3n) is 4.59. The summed E-state index contributed by atoms with van der Waals surface area (Å²) in [5.41, 5.74) is 1.50. The molecule has 6 heteroatoms. The molecule has 136 valence electrons. The molecule has 1 aliphatic heterocycles. The minimum Gasteiger partial charge on any atom is -0.481 e. The quantitative estimate of drug-likeness (QED) is 0.758. The summed E-state index contributed by atoms with van der Waals surface area (Å²) in [6.45, 7) is 4.57. The molecule has 2 atom stereocenters. The number of carbonyl (C=O) groups is 3. The van der Waals surface area contributed by atoms with Gasteiger partial charge in [-0.3, -0.25) is 14.4 Å². The highest BCUT2D eigenvalue weighted by Gasteiger charge is 2.36. The molecule has 1 aromatic rings. The van der Waals surface area contributed by atoms with Gasteiger partial charge in [0.05, 0.1) is 5.92 Å². The Morgan fingerprint density at radius 1 is 1.40 bits per heavy atom. The molecule has 1 aromatic carbocycles. The number of amides is 2. The molecule has 0 aliphatic carbocycles. The van der Waals surface area contributed by atoms with Crippen molar-refractivity contribution in [3.8, 4) is 0 Å². The summed E-state index contributed by atoms with van der Waals surface area (Å²) >= 11 is 0. The van der Waals surface area contributed by atoms with Gasteiger partial charge in [-0.05, 0) is 37.5 Å². The van der Waals surface area contributed by atoms with Crippen molar-refractivity contribution in [2.24, 2.45) is 5.92 Å². The van der Waals surface area contributed by atoms with Gasteiger partial charge in [-0.25, -0.2) is 0 Å². The molecular weight excluding hydrogens is 320 g/mol. The minimum atomic E-state index is -0.847. The Morgan fingerprint density at radius 3 is 2.84 bits per heavy atom. The number of anilines is 1. The van der Waals surface area contributed by atoms with Crippen LogP contribution in [0.1, 0.15) is 45.1 Å². The summed E-state index contributed by atoms with van der Waals surface area (Å²) in [7, 11) is 0. The maximum atomic E-state index is 12.5. The molecule has 0 aromatic heterocycles. The molecule has 1 saturated heterocycles. The van der Waals surface area contributed by atoms with Crippen LogP contribution in [0.4, 0.5) is 5.69 Å². The van der Waals surface area contributed by atoms with Gasteiger partial charge in [-0.15, -0.1) is 0 Å². The highest BCUT2D eigenvalue weighted by Crippen LogP contribution is 2.24. The van der Waals surface area contributed by atoms with E-state index in [-0.39, 0.29) is 36.6 Å². The summed E-state index contributed by atoms with van der Waals surface area (Å²) in [6, 6.07) is 7.36. The van der Waals surface area contributed by atoms with E-state index in [0.29, 0.717) is 18.7 Å². The molecule has 1 heterocycles. The van der Waals surface area contributed by atoms with Crippen molar-refractivity contribution in [2.75, 3.05) is 11.9 Å². The second-order valence-electron chi connectivity index (χ2n) is 6.67. The van der Waals surface area contributed by atoms with Gasteiger partial charge in [0.15, 0.2) is 0 Å². The van der Waals surface area contributed by atoms with Crippen LogP contribution in [0.5, 0.6) is 0 Å². The number of hydrogen-bond acceptors (Lipinski definition) is 3. The third kappa shape index (κ3) is 5.31. The molecule has 1 fully saturated rings. The Bertz CT molecular complexity index is 644. The van der Waals surface area contributed by atoms with E-state index in [9.17, 15) is 14.4 Å². The van der Waals surface area contributed by atoms with Crippen molar-refractivity contribution >= 4 is 23.5 Å². The number of carboxylic acids is 1. The van der Waals surface area contributed by atoms with Crippen LogP contribution >= 0.6 is 0 Å². The van der Waals surface area contributed by atoms with Gasteiger partial charge >= 0.3 is 5.97 Å². The molecule has 1 aliphatic rings. The number of aryl methyl sites for hydroxylation is 1. The smallest absolute Gasteiger partial charge is 0.303 e. The molecule has 2 rings (SSSR count). The first-order valence-corrected chi connectivity index (χ1v) is 8.81. The van der Waals surface area contributed by atoms with Gasteiger partial charge in [0, 0.05) is 31.1 Å². The van der Waals surface area contributed by atoms with Gasteiger partial charge in [-0.1, -0.05) is 25.5 Å². The lowest BCUT2D eigenvalue weighted by atomic mass is 10.1. The predicted molar refractivity (Wildman–Crippen MR) is 95.2 cm³/mol. The van der Waals surface area contributed by atoms with Crippen LogP contribution in [0.15, 0.2) is 24.3 Å². The zero-order valence-corrected chi connectivity index (χ0v) is 14.8. The summed E-state index contributed by atoms with van der Waals surface area (Å²) in [4.78, 5) is 37.1. The average molecular weight is 346 g/mol. The zero-order chi connectivity index (χ0) is 18.4. The van der Waals surface area contributed by atoms with Gasteiger partial charge in [0.25, 0.3) is 0 Å². The number of carbonyl (C=O) groups excluding carboxylic acids is 2. The molecule has 2 amide bonds. The fourth-order valence-corrected chi connectivity index (χ4v) is 3.21. The molecule has 0 bridgehead atoms. The van der Waals surface area contributed by atoms with Gasteiger partial charge < -0.3 is 15.3 Å². The number of benzene rings is 1. The Labute approximate surface area is 148 Å². The second kappa shape index (κ2) is 8.65. The summed E-state index contributed by atoms with van der Waals surface area (Å²) in [5, 5.41) is 11.6. The van der Waals surface area contributed by atoms with Crippen LogP contribution in [0, 0.1) is 5.92 Å². The van der Waals surface area contributed by atoms with Crippen LogP contribution in [0.3, 0.4) is 0 Å². The van der Waals surface area contributed by atoms with E-state index in [0.717, 1.165) is 18.4 Å². The third-order valence-corrected chi connectivity index (χ3v) is 4.59. The van der Waals surface area contributed by atoms with Crippen molar-refractivity contribution in [3.05, 3.63) is 29.8 Å². The molecule has 2 N–H and O–H groups in total. The number of rotatable bonds is 8. The topological polar surface area (TPSA) is 86.7 Å². The van der Waals surface area contributed by atoms with E-state index >= 15 is 0 Å². The van der Waals surface area contributed by atoms with Crippen LogP contribution in [0.2, 0.25) is 0 Å².